The van der Waals surface area contributed by atoms with Crippen LogP contribution in [-0.2, 0) is 17.9 Å². The predicted octanol–water partition coefficient (Wildman–Crippen LogP) is 2.00. The van der Waals surface area contributed by atoms with Crippen molar-refractivity contribution < 1.29 is 9.53 Å². The van der Waals surface area contributed by atoms with E-state index in [1.54, 1.807) is 55.6 Å². The molecule has 0 aliphatic heterocycles. The van der Waals surface area contributed by atoms with E-state index in [2.05, 4.69) is 11.9 Å². The van der Waals surface area contributed by atoms with Gasteiger partial charge in [-0.05, 0) is 36.4 Å². The van der Waals surface area contributed by atoms with Crippen molar-refractivity contribution in [2.75, 3.05) is 12.4 Å². The first-order valence-electron chi connectivity index (χ1n) is 8.32. The molecule has 0 aliphatic rings. The Hall–Kier alpha value is -3.61. The van der Waals surface area contributed by atoms with Gasteiger partial charge < -0.3 is 10.1 Å². The van der Waals surface area contributed by atoms with Crippen molar-refractivity contribution in [1.82, 2.24) is 9.13 Å². The number of para-hydroxylation sites is 1. The summed E-state index contributed by atoms with van der Waals surface area (Å²) in [6.45, 7) is 3.43. The fraction of sp³-hybridized carbons (Fsp3) is 0.150. The van der Waals surface area contributed by atoms with Crippen molar-refractivity contribution in [2.24, 2.45) is 0 Å². The van der Waals surface area contributed by atoms with Crippen molar-refractivity contribution in [1.29, 1.82) is 0 Å². The minimum Gasteiger partial charge on any atom is -0.497 e. The third-order valence-electron chi connectivity index (χ3n) is 4.12. The second-order valence-corrected chi connectivity index (χ2v) is 5.87. The molecule has 0 radical (unpaired) electrons. The first-order chi connectivity index (χ1) is 13.0. The van der Waals surface area contributed by atoms with Crippen molar-refractivity contribution >= 4 is 22.5 Å². The molecule has 27 heavy (non-hydrogen) atoms. The molecule has 0 spiro atoms. The van der Waals surface area contributed by atoms with Crippen LogP contribution >= 0.6 is 0 Å². The van der Waals surface area contributed by atoms with Crippen LogP contribution in [0.4, 0.5) is 5.69 Å². The molecule has 0 saturated carbocycles. The normalized spacial score (nSPS) is 10.6. The fourth-order valence-corrected chi connectivity index (χ4v) is 2.83. The average Bonchev–Trinajstić information content (AvgIpc) is 2.69. The van der Waals surface area contributed by atoms with Crippen molar-refractivity contribution in [2.45, 2.75) is 13.1 Å². The molecular weight excluding hydrogens is 346 g/mol. The molecule has 7 nitrogen and oxygen atoms in total. The molecule has 0 fully saturated rings. The van der Waals surface area contributed by atoms with Gasteiger partial charge in [0.15, 0.2) is 0 Å². The number of methoxy groups -OCH3 is 1. The third-order valence-corrected chi connectivity index (χ3v) is 4.12. The minimum atomic E-state index is -0.552. The topological polar surface area (TPSA) is 82.3 Å². The molecule has 0 aliphatic carbocycles. The Morgan fingerprint density at radius 3 is 2.48 bits per heavy atom. The molecule has 0 bridgehead atoms. The summed E-state index contributed by atoms with van der Waals surface area (Å²) < 4.78 is 7.44. The van der Waals surface area contributed by atoms with E-state index in [9.17, 15) is 14.4 Å². The van der Waals surface area contributed by atoms with Gasteiger partial charge in [-0.1, -0.05) is 18.2 Å². The number of nitrogens with one attached hydrogen (secondary N) is 1. The monoisotopic (exact) mass is 365 g/mol. The number of hydrogen-bond donors (Lipinski definition) is 1. The quantitative estimate of drug-likeness (QED) is 0.678. The zero-order chi connectivity index (χ0) is 19.4. The molecule has 0 saturated heterocycles. The van der Waals surface area contributed by atoms with Crippen LogP contribution in [-0.4, -0.2) is 22.2 Å². The number of fused-ring (bicyclic) bond motifs is 1. The standard InChI is InChI=1S/C20H19N3O4/c1-3-12-22-19(25)16-6-4-5-7-17(16)23(20(22)26)13-18(24)21-14-8-10-15(27-2)11-9-14/h3-11H,1,12-13H2,2H3,(H,21,24). The molecule has 0 atom stereocenters. The second kappa shape index (κ2) is 7.74. The van der Waals surface area contributed by atoms with E-state index in [0.717, 1.165) is 4.57 Å². The van der Waals surface area contributed by atoms with Gasteiger partial charge in [-0.2, -0.15) is 0 Å². The molecule has 138 valence electrons. The molecule has 1 aromatic heterocycles. The highest BCUT2D eigenvalue weighted by Crippen LogP contribution is 2.15. The number of ether oxygens (including phenoxy) is 1. The van der Waals surface area contributed by atoms with Gasteiger partial charge in [0, 0.05) is 12.2 Å². The zero-order valence-electron chi connectivity index (χ0n) is 14.8. The Labute approximate surface area is 155 Å². The van der Waals surface area contributed by atoms with E-state index in [1.165, 1.54) is 10.6 Å². The van der Waals surface area contributed by atoms with Crippen molar-refractivity contribution in [3.63, 3.8) is 0 Å². The number of benzene rings is 2. The van der Waals surface area contributed by atoms with Crippen LogP contribution in [0.2, 0.25) is 0 Å². The van der Waals surface area contributed by atoms with Crippen LogP contribution in [0, 0.1) is 0 Å². The van der Waals surface area contributed by atoms with Gasteiger partial charge in [-0.15, -0.1) is 6.58 Å². The maximum Gasteiger partial charge on any atom is 0.332 e. The van der Waals surface area contributed by atoms with Gasteiger partial charge in [-0.25, -0.2) is 4.79 Å². The molecule has 3 rings (SSSR count). The van der Waals surface area contributed by atoms with Gasteiger partial charge in [0.1, 0.15) is 12.3 Å². The van der Waals surface area contributed by atoms with Gasteiger partial charge in [0.2, 0.25) is 5.91 Å². The number of amides is 1. The lowest BCUT2D eigenvalue weighted by molar-refractivity contribution is -0.116. The minimum absolute atomic E-state index is 0.0720. The summed E-state index contributed by atoms with van der Waals surface area (Å²) in [6.07, 6.45) is 1.47. The Kier molecular flexibility index (Phi) is 5.21. The van der Waals surface area contributed by atoms with Gasteiger partial charge in [0.05, 0.1) is 18.0 Å². The Morgan fingerprint density at radius 1 is 1.11 bits per heavy atom. The second-order valence-electron chi connectivity index (χ2n) is 5.87. The number of carbonyl (C=O) groups is 1. The summed E-state index contributed by atoms with van der Waals surface area (Å²) in [5, 5.41) is 3.11. The maximum atomic E-state index is 12.7. The summed E-state index contributed by atoms with van der Waals surface area (Å²) in [4.78, 5) is 37.7. The van der Waals surface area contributed by atoms with Crippen LogP contribution in [0.15, 0.2) is 70.8 Å². The number of aromatic nitrogens is 2. The highest BCUT2D eigenvalue weighted by Gasteiger charge is 2.14. The number of hydrogen-bond acceptors (Lipinski definition) is 4. The predicted molar refractivity (Wildman–Crippen MR) is 104 cm³/mol. The molecule has 0 unspecified atom stereocenters. The molecular formula is C20H19N3O4. The number of nitrogens with zero attached hydrogens (tertiary/aromatic N) is 2. The zero-order valence-corrected chi connectivity index (χ0v) is 14.8. The Balaban J connectivity index is 1.98. The van der Waals surface area contributed by atoms with E-state index in [4.69, 9.17) is 4.74 Å². The first-order valence-corrected chi connectivity index (χ1v) is 8.32. The van der Waals surface area contributed by atoms with Crippen LogP contribution in [0.25, 0.3) is 10.9 Å². The molecule has 1 heterocycles. The first kappa shape index (κ1) is 18.2. The van der Waals surface area contributed by atoms with Crippen LogP contribution in [0.3, 0.4) is 0 Å². The lowest BCUT2D eigenvalue weighted by Gasteiger charge is -2.13. The molecule has 2 aromatic carbocycles. The molecule has 1 amide bonds. The Morgan fingerprint density at radius 2 is 1.81 bits per heavy atom. The van der Waals surface area contributed by atoms with Crippen LogP contribution in [0.5, 0.6) is 5.75 Å². The van der Waals surface area contributed by atoms with E-state index >= 15 is 0 Å². The average molecular weight is 365 g/mol. The SMILES string of the molecule is C=CCn1c(=O)c2ccccc2n(CC(=O)Nc2ccc(OC)cc2)c1=O. The highest BCUT2D eigenvalue weighted by atomic mass is 16.5. The fourth-order valence-electron chi connectivity index (χ4n) is 2.83. The summed E-state index contributed by atoms with van der Waals surface area (Å²) in [7, 11) is 1.56. The smallest absolute Gasteiger partial charge is 0.332 e. The van der Waals surface area contributed by atoms with Gasteiger partial charge in [0.25, 0.3) is 5.56 Å². The van der Waals surface area contributed by atoms with Gasteiger partial charge >= 0.3 is 5.69 Å². The largest absolute Gasteiger partial charge is 0.497 e. The number of allylic oxidation sites excluding steroid dienone is 1. The van der Waals surface area contributed by atoms with E-state index < -0.39 is 11.2 Å². The van der Waals surface area contributed by atoms with Gasteiger partial charge in [-0.3, -0.25) is 18.7 Å². The van der Waals surface area contributed by atoms with Crippen LogP contribution in [0.1, 0.15) is 0 Å². The number of rotatable bonds is 6. The van der Waals surface area contributed by atoms with Crippen molar-refractivity contribution in [3.05, 3.63) is 82.0 Å². The van der Waals surface area contributed by atoms with E-state index in [1.807, 2.05) is 0 Å². The summed E-state index contributed by atoms with van der Waals surface area (Å²) in [6, 6.07) is 13.6. The molecule has 7 heteroatoms. The third kappa shape index (κ3) is 3.67. The molecule has 1 N–H and O–H groups in total. The van der Waals surface area contributed by atoms with E-state index in [-0.39, 0.29) is 19.0 Å². The van der Waals surface area contributed by atoms with Crippen LogP contribution < -0.4 is 21.3 Å². The lowest BCUT2D eigenvalue weighted by atomic mass is 10.2. The van der Waals surface area contributed by atoms with Crippen molar-refractivity contribution in [3.8, 4) is 5.75 Å². The maximum absolute atomic E-state index is 12.7. The lowest BCUT2D eigenvalue weighted by Crippen LogP contribution is -2.41. The number of anilines is 1. The summed E-state index contributed by atoms with van der Waals surface area (Å²) in [5.41, 5.74) is 0.0426. The Bertz CT molecular complexity index is 1110. The summed E-state index contributed by atoms with van der Waals surface area (Å²) >= 11 is 0. The number of carbonyl (C=O) groups excluding carboxylic acids is 1. The molecule has 3 aromatic rings. The van der Waals surface area contributed by atoms with E-state index in [0.29, 0.717) is 22.3 Å². The highest BCUT2D eigenvalue weighted by molar-refractivity contribution is 5.91. The summed E-state index contributed by atoms with van der Waals surface area (Å²) in [5.74, 6) is 0.294.